The second-order valence-electron chi connectivity index (χ2n) is 5.55. The zero-order valence-electron chi connectivity index (χ0n) is 10.9. The fourth-order valence-electron chi connectivity index (χ4n) is 2.97. The molecule has 102 valence electrons. The van der Waals surface area contributed by atoms with E-state index in [9.17, 15) is 4.79 Å². The fraction of sp³-hybridized carbons (Fsp3) is 0.846. The highest BCUT2D eigenvalue weighted by Gasteiger charge is 2.44. The van der Waals surface area contributed by atoms with E-state index in [1.54, 1.807) is 0 Å². The Hall–Kier alpha value is -0.680. The van der Waals surface area contributed by atoms with Crippen LogP contribution in [0, 0.1) is 11.3 Å². The predicted molar refractivity (Wildman–Crippen MR) is 74.2 cm³/mol. The minimum Gasteiger partial charge on any atom is -0.392 e. The number of carbonyl (C=O) groups excluding carboxylic acids is 1. The van der Waals surface area contributed by atoms with Gasteiger partial charge in [0.15, 0.2) is 0 Å². The maximum atomic E-state index is 12.5. The Kier molecular flexibility index (Phi) is 4.22. The maximum Gasteiger partial charge on any atom is 0.233 e. The van der Waals surface area contributed by atoms with Gasteiger partial charge in [0, 0.05) is 19.3 Å². The lowest BCUT2D eigenvalue weighted by atomic mass is 9.79. The van der Waals surface area contributed by atoms with Crippen LogP contribution in [0.4, 0.5) is 0 Å². The van der Waals surface area contributed by atoms with E-state index in [-0.39, 0.29) is 11.9 Å². The van der Waals surface area contributed by atoms with Crippen LogP contribution in [-0.4, -0.2) is 30.2 Å². The molecule has 0 aromatic carbocycles. The number of amides is 1. The Labute approximate surface area is 114 Å². The number of nitrogens with one attached hydrogen (secondary N) is 1. The lowest BCUT2D eigenvalue weighted by Crippen LogP contribution is -2.54. The molecule has 1 heterocycles. The Bertz CT molecular complexity index is 340. The molecule has 3 N–H and O–H groups in total. The second kappa shape index (κ2) is 5.53. The highest BCUT2D eigenvalue weighted by Crippen LogP contribution is 2.33. The van der Waals surface area contributed by atoms with E-state index in [1.807, 2.05) is 0 Å². The number of rotatable bonds is 3. The van der Waals surface area contributed by atoms with Gasteiger partial charge in [-0.3, -0.25) is 4.79 Å². The van der Waals surface area contributed by atoms with Crippen molar-refractivity contribution < 1.29 is 9.53 Å². The minimum atomic E-state index is -0.685. The van der Waals surface area contributed by atoms with E-state index in [4.69, 9.17) is 22.7 Å². The van der Waals surface area contributed by atoms with Crippen molar-refractivity contribution in [2.24, 2.45) is 17.1 Å². The molecule has 0 aromatic rings. The minimum absolute atomic E-state index is 0.0112. The Morgan fingerprint density at radius 3 is 2.56 bits per heavy atom. The average Bonchev–Trinajstić information content (AvgIpc) is 2.75. The highest BCUT2D eigenvalue weighted by atomic mass is 32.1. The van der Waals surface area contributed by atoms with Gasteiger partial charge in [-0.2, -0.15) is 0 Å². The molecular formula is C13H22N2O2S. The molecule has 1 saturated heterocycles. The molecule has 1 aliphatic carbocycles. The van der Waals surface area contributed by atoms with Gasteiger partial charge in [-0.1, -0.05) is 25.6 Å². The van der Waals surface area contributed by atoms with Crippen molar-refractivity contribution in [3.8, 4) is 0 Å². The first kappa shape index (κ1) is 13.7. The standard InChI is InChI=1S/C13H22N2O2S/c1-9-3-2-4-10(9)15-12(16)13(11(14)18)5-7-17-8-6-13/h9-10H,2-8H2,1H3,(H2,14,18)(H,15,16). The number of nitrogens with two attached hydrogens (primary N) is 1. The smallest absolute Gasteiger partial charge is 0.233 e. The summed E-state index contributed by atoms with van der Waals surface area (Å²) in [5, 5.41) is 3.16. The van der Waals surface area contributed by atoms with Crippen LogP contribution in [0.1, 0.15) is 39.0 Å². The highest BCUT2D eigenvalue weighted by molar-refractivity contribution is 7.80. The van der Waals surface area contributed by atoms with E-state index in [1.165, 1.54) is 12.8 Å². The molecular weight excluding hydrogens is 248 g/mol. The number of ether oxygens (including phenoxy) is 1. The molecule has 0 radical (unpaired) electrons. The van der Waals surface area contributed by atoms with Gasteiger partial charge >= 0.3 is 0 Å². The largest absolute Gasteiger partial charge is 0.392 e. The summed E-state index contributed by atoms with van der Waals surface area (Å²) in [5.74, 6) is 0.564. The van der Waals surface area contributed by atoms with Crippen LogP contribution in [0.5, 0.6) is 0 Å². The van der Waals surface area contributed by atoms with Crippen molar-refractivity contribution in [3.63, 3.8) is 0 Å². The van der Waals surface area contributed by atoms with Crippen LogP contribution in [0.3, 0.4) is 0 Å². The van der Waals surface area contributed by atoms with Crippen LogP contribution in [0.15, 0.2) is 0 Å². The van der Waals surface area contributed by atoms with Crippen molar-refractivity contribution in [1.29, 1.82) is 0 Å². The molecule has 2 aliphatic rings. The van der Waals surface area contributed by atoms with E-state index >= 15 is 0 Å². The van der Waals surface area contributed by atoms with Crippen molar-refractivity contribution in [3.05, 3.63) is 0 Å². The third-order valence-electron chi connectivity index (χ3n) is 4.43. The van der Waals surface area contributed by atoms with Gasteiger partial charge in [-0.15, -0.1) is 0 Å². The molecule has 0 bridgehead atoms. The molecule has 0 spiro atoms. The van der Waals surface area contributed by atoms with Crippen LogP contribution < -0.4 is 11.1 Å². The van der Waals surface area contributed by atoms with Gasteiger partial charge in [0.2, 0.25) is 5.91 Å². The van der Waals surface area contributed by atoms with E-state index < -0.39 is 5.41 Å². The molecule has 1 saturated carbocycles. The van der Waals surface area contributed by atoms with Gasteiger partial charge < -0.3 is 15.8 Å². The van der Waals surface area contributed by atoms with Crippen molar-refractivity contribution in [2.75, 3.05) is 13.2 Å². The van der Waals surface area contributed by atoms with Gasteiger partial charge in [0.05, 0.1) is 4.99 Å². The second-order valence-corrected chi connectivity index (χ2v) is 5.99. The third-order valence-corrected chi connectivity index (χ3v) is 4.82. The Morgan fingerprint density at radius 2 is 2.06 bits per heavy atom. The van der Waals surface area contributed by atoms with Gasteiger partial charge in [-0.25, -0.2) is 0 Å². The summed E-state index contributed by atoms with van der Waals surface area (Å²) in [6.45, 7) is 3.31. The summed E-state index contributed by atoms with van der Waals surface area (Å²) < 4.78 is 5.32. The first-order valence-corrected chi connectivity index (χ1v) is 7.16. The number of hydrogen-bond acceptors (Lipinski definition) is 3. The molecule has 0 aromatic heterocycles. The van der Waals surface area contributed by atoms with Crippen LogP contribution >= 0.6 is 12.2 Å². The quantitative estimate of drug-likeness (QED) is 0.760. The summed E-state index contributed by atoms with van der Waals surface area (Å²) in [4.78, 5) is 12.8. The monoisotopic (exact) mass is 270 g/mol. The maximum absolute atomic E-state index is 12.5. The first-order chi connectivity index (χ1) is 8.56. The molecule has 1 aliphatic heterocycles. The third kappa shape index (κ3) is 2.52. The average molecular weight is 270 g/mol. The van der Waals surface area contributed by atoms with E-state index in [2.05, 4.69) is 12.2 Å². The van der Waals surface area contributed by atoms with Crippen molar-refractivity contribution in [1.82, 2.24) is 5.32 Å². The Balaban J connectivity index is 2.06. The molecule has 2 atom stereocenters. The summed E-state index contributed by atoms with van der Waals surface area (Å²) >= 11 is 5.14. The summed E-state index contributed by atoms with van der Waals surface area (Å²) in [6, 6.07) is 0.284. The molecule has 2 rings (SSSR count). The van der Waals surface area contributed by atoms with E-state index in [0.717, 1.165) is 6.42 Å². The number of hydrogen-bond donors (Lipinski definition) is 2. The molecule has 4 nitrogen and oxygen atoms in total. The molecule has 1 amide bonds. The van der Waals surface area contributed by atoms with Crippen LogP contribution in [-0.2, 0) is 9.53 Å². The summed E-state index contributed by atoms with van der Waals surface area (Å²) in [5.41, 5.74) is 5.14. The number of carbonyl (C=O) groups is 1. The molecule has 18 heavy (non-hydrogen) atoms. The topological polar surface area (TPSA) is 64.4 Å². The Morgan fingerprint density at radius 1 is 1.39 bits per heavy atom. The summed E-state index contributed by atoms with van der Waals surface area (Å²) in [6.07, 6.45) is 4.66. The molecule has 2 unspecified atom stereocenters. The zero-order chi connectivity index (χ0) is 13.2. The fourth-order valence-corrected chi connectivity index (χ4v) is 3.27. The normalized spacial score (nSPS) is 30.9. The van der Waals surface area contributed by atoms with Crippen LogP contribution in [0.25, 0.3) is 0 Å². The predicted octanol–water partition coefficient (Wildman–Crippen LogP) is 1.37. The molecule has 2 fully saturated rings. The van der Waals surface area contributed by atoms with Gasteiger partial charge in [-0.05, 0) is 31.6 Å². The molecule has 5 heteroatoms. The van der Waals surface area contributed by atoms with E-state index in [0.29, 0.717) is 37.0 Å². The first-order valence-electron chi connectivity index (χ1n) is 6.75. The number of thiocarbonyl (C=S) groups is 1. The van der Waals surface area contributed by atoms with Crippen molar-refractivity contribution in [2.45, 2.75) is 45.1 Å². The van der Waals surface area contributed by atoms with Crippen molar-refractivity contribution >= 4 is 23.1 Å². The van der Waals surface area contributed by atoms with Gasteiger partial charge in [0.1, 0.15) is 5.41 Å². The SMILES string of the molecule is CC1CCCC1NC(=O)C1(C(N)=S)CCOCC1. The zero-order valence-corrected chi connectivity index (χ0v) is 11.7. The lowest BCUT2D eigenvalue weighted by Gasteiger charge is -2.36. The lowest BCUT2D eigenvalue weighted by molar-refractivity contribution is -0.132. The summed E-state index contributed by atoms with van der Waals surface area (Å²) in [7, 11) is 0. The van der Waals surface area contributed by atoms with Crippen LogP contribution in [0.2, 0.25) is 0 Å². The van der Waals surface area contributed by atoms with Gasteiger partial charge in [0.25, 0.3) is 0 Å².